The highest BCUT2D eigenvalue weighted by molar-refractivity contribution is 7.99. The van der Waals surface area contributed by atoms with E-state index >= 15 is 0 Å². The van der Waals surface area contributed by atoms with Crippen molar-refractivity contribution in [1.82, 2.24) is 5.32 Å². The van der Waals surface area contributed by atoms with Crippen molar-refractivity contribution in [3.05, 3.63) is 34.9 Å². The number of hydrogen-bond donors (Lipinski definition) is 1. The second-order valence-electron chi connectivity index (χ2n) is 5.49. The Bertz CT molecular complexity index is 340. The monoisotopic (exact) mass is 265 g/mol. The minimum Gasteiger partial charge on any atom is -0.316 e. The number of nitrogens with one attached hydrogen (secondary N) is 1. The first-order valence-corrected chi connectivity index (χ1v) is 8.00. The quantitative estimate of drug-likeness (QED) is 0.804. The molecule has 2 heteroatoms. The van der Waals surface area contributed by atoms with Gasteiger partial charge in [-0.2, -0.15) is 11.8 Å². The minimum atomic E-state index is 0.577. The van der Waals surface area contributed by atoms with E-state index in [1.165, 1.54) is 28.2 Å². The maximum atomic E-state index is 3.46. The molecule has 1 N–H and O–H groups in total. The zero-order valence-electron chi connectivity index (χ0n) is 12.4. The topological polar surface area (TPSA) is 12.0 Å². The molecule has 0 bridgehead atoms. The summed E-state index contributed by atoms with van der Waals surface area (Å²) in [6.07, 6.45) is 1.14. The zero-order valence-corrected chi connectivity index (χ0v) is 13.2. The van der Waals surface area contributed by atoms with Crippen LogP contribution >= 0.6 is 11.8 Å². The Morgan fingerprint density at radius 2 is 1.72 bits per heavy atom. The average Bonchev–Trinajstić information content (AvgIpc) is 2.31. The van der Waals surface area contributed by atoms with Gasteiger partial charge >= 0.3 is 0 Å². The highest BCUT2D eigenvalue weighted by Crippen LogP contribution is 2.17. The molecule has 102 valence electrons. The molecule has 0 aliphatic rings. The van der Waals surface area contributed by atoms with Crippen molar-refractivity contribution in [2.24, 2.45) is 5.92 Å². The molecule has 0 spiro atoms. The van der Waals surface area contributed by atoms with Gasteiger partial charge in [0.05, 0.1) is 0 Å². The van der Waals surface area contributed by atoms with E-state index in [1.807, 2.05) is 0 Å². The van der Waals surface area contributed by atoms with Gasteiger partial charge < -0.3 is 5.32 Å². The fourth-order valence-corrected chi connectivity index (χ4v) is 3.28. The zero-order chi connectivity index (χ0) is 13.5. The van der Waals surface area contributed by atoms with Crippen molar-refractivity contribution in [2.75, 3.05) is 18.6 Å². The molecule has 0 heterocycles. The lowest BCUT2D eigenvalue weighted by atomic mass is 9.97. The summed E-state index contributed by atoms with van der Waals surface area (Å²) in [5.74, 6) is 3.24. The molecule has 1 aromatic rings. The molecular formula is C16H27NS. The van der Waals surface area contributed by atoms with Crippen molar-refractivity contribution < 1.29 is 0 Å². The third-order valence-electron chi connectivity index (χ3n) is 3.27. The van der Waals surface area contributed by atoms with Crippen LogP contribution in [-0.2, 0) is 6.42 Å². The summed E-state index contributed by atoms with van der Waals surface area (Å²) in [7, 11) is 2.08. The van der Waals surface area contributed by atoms with Gasteiger partial charge in [-0.05, 0) is 55.7 Å². The maximum Gasteiger partial charge on any atom is 0.0195 e. The van der Waals surface area contributed by atoms with E-state index in [1.54, 1.807) is 0 Å². The summed E-state index contributed by atoms with van der Waals surface area (Å²) >= 11 is 2.06. The van der Waals surface area contributed by atoms with Crippen LogP contribution in [-0.4, -0.2) is 24.6 Å². The predicted molar refractivity (Wildman–Crippen MR) is 84.6 cm³/mol. The molecule has 0 saturated carbocycles. The number of hydrogen-bond acceptors (Lipinski definition) is 2. The van der Waals surface area contributed by atoms with E-state index in [0.29, 0.717) is 6.04 Å². The van der Waals surface area contributed by atoms with E-state index in [4.69, 9.17) is 0 Å². The molecule has 0 amide bonds. The first-order chi connectivity index (χ1) is 8.54. The van der Waals surface area contributed by atoms with Crippen molar-refractivity contribution in [3.63, 3.8) is 0 Å². The second-order valence-corrected chi connectivity index (χ2v) is 6.57. The SMILES string of the molecule is CNC(CSCC(C)C)Cc1c(C)cccc1C. The molecule has 1 aromatic carbocycles. The highest BCUT2D eigenvalue weighted by atomic mass is 32.2. The van der Waals surface area contributed by atoms with Gasteiger partial charge in [-0.1, -0.05) is 32.0 Å². The van der Waals surface area contributed by atoms with Crippen LogP contribution in [0.4, 0.5) is 0 Å². The number of benzene rings is 1. The van der Waals surface area contributed by atoms with E-state index in [-0.39, 0.29) is 0 Å². The van der Waals surface area contributed by atoms with Crippen LogP contribution in [0.5, 0.6) is 0 Å². The van der Waals surface area contributed by atoms with Crippen LogP contribution in [0.2, 0.25) is 0 Å². The predicted octanol–water partition coefficient (Wildman–Crippen LogP) is 3.82. The molecule has 0 aliphatic heterocycles. The standard InChI is InChI=1S/C16H27NS/c1-12(2)10-18-11-15(17-5)9-16-13(3)7-6-8-14(16)4/h6-8,12,15,17H,9-11H2,1-5H3. The molecule has 0 fully saturated rings. The summed E-state index contributed by atoms with van der Waals surface area (Å²) in [6, 6.07) is 7.16. The van der Waals surface area contributed by atoms with Crippen LogP contribution in [0.1, 0.15) is 30.5 Å². The van der Waals surface area contributed by atoms with Gasteiger partial charge in [-0.3, -0.25) is 0 Å². The van der Waals surface area contributed by atoms with Crippen LogP contribution in [0.25, 0.3) is 0 Å². The smallest absolute Gasteiger partial charge is 0.0195 e. The summed E-state index contributed by atoms with van der Waals surface area (Å²) in [5, 5.41) is 3.46. The lowest BCUT2D eigenvalue weighted by molar-refractivity contribution is 0.612. The second kappa shape index (κ2) is 7.85. The number of likely N-dealkylation sites (N-methyl/N-ethyl adjacent to an activating group) is 1. The largest absolute Gasteiger partial charge is 0.316 e. The van der Waals surface area contributed by atoms with Crippen LogP contribution in [0.3, 0.4) is 0 Å². The average molecular weight is 265 g/mol. The third kappa shape index (κ3) is 5.03. The van der Waals surface area contributed by atoms with Gasteiger partial charge in [0.25, 0.3) is 0 Å². The minimum absolute atomic E-state index is 0.577. The Balaban J connectivity index is 2.57. The van der Waals surface area contributed by atoms with E-state index in [2.05, 4.69) is 70.0 Å². The third-order valence-corrected chi connectivity index (χ3v) is 4.81. The Labute approximate surface area is 117 Å². The molecule has 1 nitrogen and oxygen atoms in total. The maximum absolute atomic E-state index is 3.46. The Morgan fingerprint density at radius 1 is 1.11 bits per heavy atom. The van der Waals surface area contributed by atoms with E-state index in [9.17, 15) is 0 Å². The van der Waals surface area contributed by atoms with Crippen molar-refractivity contribution in [2.45, 2.75) is 40.2 Å². The van der Waals surface area contributed by atoms with Gasteiger partial charge in [0.1, 0.15) is 0 Å². The highest BCUT2D eigenvalue weighted by Gasteiger charge is 2.11. The first-order valence-electron chi connectivity index (χ1n) is 6.84. The molecule has 0 aromatic heterocycles. The fraction of sp³-hybridized carbons (Fsp3) is 0.625. The van der Waals surface area contributed by atoms with Gasteiger partial charge in [0.2, 0.25) is 0 Å². The molecule has 1 unspecified atom stereocenters. The van der Waals surface area contributed by atoms with Gasteiger partial charge in [0.15, 0.2) is 0 Å². The summed E-state index contributed by atoms with van der Waals surface area (Å²) in [5.41, 5.74) is 4.36. The van der Waals surface area contributed by atoms with Crippen LogP contribution in [0, 0.1) is 19.8 Å². The molecule has 18 heavy (non-hydrogen) atoms. The van der Waals surface area contributed by atoms with Gasteiger partial charge in [0, 0.05) is 11.8 Å². The van der Waals surface area contributed by atoms with E-state index < -0.39 is 0 Å². The van der Waals surface area contributed by atoms with Crippen molar-refractivity contribution in [1.29, 1.82) is 0 Å². The molecule has 0 radical (unpaired) electrons. The molecule has 1 atom stereocenters. The number of aryl methyl sites for hydroxylation is 2. The van der Waals surface area contributed by atoms with Crippen LogP contribution < -0.4 is 5.32 Å². The number of thioether (sulfide) groups is 1. The molecular weight excluding hydrogens is 238 g/mol. The van der Waals surface area contributed by atoms with Crippen LogP contribution in [0.15, 0.2) is 18.2 Å². The summed E-state index contributed by atoms with van der Waals surface area (Å²) < 4.78 is 0. The van der Waals surface area contributed by atoms with E-state index in [0.717, 1.165) is 12.3 Å². The Morgan fingerprint density at radius 3 is 2.22 bits per heavy atom. The fourth-order valence-electron chi connectivity index (χ4n) is 2.11. The normalized spacial score (nSPS) is 13.0. The van der Waals surface area contributed by atoms with Gasteiger partial charge in [-0.15, -0.1) is 0 Å². The summed E-state index contributed by atoms with van der Waals surface area (Å²) in [4.78, 5) is 0. The molecule has 1 rings (SSSR count). The summed E-state index contributed by atoms with van der Waals surface area (Å²) in [6.45, 7) is 9.01. The van der Waals surface area contributed by atoms with Crippen molar-refractivity contribution >= 4 is 11.8 Å². The molecule has 0 saturated heterocycles. The van der Waals surface area contributed by atoms with Crippen molar-refractivity contribution in [3.8, 4) is 0 Å². The molecule has 0 aliphatic carbocycles. The first kappa shape index (κ1) is 15.6. The Hall–Kier alpha value is -0.470. The Kier molecular flexibility index (Phi) is 6.80. The number of rotatable bonds is 7. The lowest BCUT2D eigenvalue weighted by Gasteiger charge is -2.19. The lowest BCUT2D eigenvalue weighted by Crippen LogP contribution is -2.31. The van der Waals surface area contributed by atoms with Gasteiger partial charge in [-0.25, -0.2) is 0 Å².